The van der Waals surface area contributed by atoms with Crippen molar-refractivity contribution in [2.24, 2.45) is 0 Å². The van der Waals surface area contributed by atoms with Gasteiger partial charge in [0.15, 0.2) is 5.76 Å². The second-order valence-corrected chi connectivity index (χ2v) is 5.14. The fraction of sp³-hybridized carbons (Fsp3) is 0.100. The van der Waals surface area contributed by atoms with Crippen LogP contribution < -0.4 is 5.63 Å². The van der Waals surface area contributed by atoms with Gasteiger partial charge in [0.25, 0.3) is 0 Å². The van der Waals surface area contributed by atoms with Gasteiger partial charge in [-0.1, -0.05) is 60.7 Å². The fourth-order valence-corrected chi connectivity index (χ4v) is 2.54. The summed E-state index contributed by atoms with van der Waals surface area (Å²) in [5.74, 6) is -0.292. The zero-order chi connectivity index (χ0) is 16.9. The highest BCUT2D eigenvalue weighted by Gasteiger charge is 2.23. The van der Waals surface area contributed by atoms with Gasteiger partial charge in [0, 0.05) is 17.2 Å². The Labute approximate surface area is 139 Å². The first-order valence-electron chi connectivity index (χ1n) is 7.67. The largest absolute Gasteiger partial charge is 0.462 e. The molecule has 0 aliphatic carbocycles. The highest BCUT2D eigenvalue weighted by atomic mass is 16.5. The lowest BCUT2D eigenvalue weighted by Gasteiger charge is -2.12. The molecule has 1 aromatic heterocycles. The van der Waals surface area contributed by atoms with E-state index in [1.165, 1.54) is 6.07 Å². The Hall–Kier alpha value is -3.14. The predicted octanol–water partition coefficient (Wildman–Crippen LogP) is 4.15. The molecule has 4 nitrogen and oxygen atoms in total. The van der Waals surface area contributed by atoms with E-state index < -0.39 is 11.6 Å². The maximum absolute atomic E-state index is 12.6. The van der Waals surface area contributed by atoms with Crippen molar-refractivity contribution in [2.45, 2.75) is 6.92 Å². The standard InChI is InChI=1S/C20H16O4/c1-2-23-20(22)18-16(14-9-5-3-6-10-14)13-17(21)24-19(18)15-11-7-4-8-12-15/h3-13H,2H2,1H3. The lowest BCUT2D eigenvalue weighted by molar-refractivity contribution is 0.0526. The number of benzene rings is 2. The molecule has 120 valence electrons. The number of esters is 1. The van der Waals surface area contributed by atoms with Gasteiger partial charge < -0.3 is 9.15 Å². The third-order valence-corrected chi connectivity index (χ3v) is 3.56. The van der Waals surface area contributed by atoms with Crippen LogP contribution in [0.2, 0.25) is 0 Å². The van der Waals surface area contributed by atoms with Gasteiger partial charge in [0.05, 0.1) is 6.61 Å². The first-order chi connectivity index (χ1) is 11.7. The minimum atomic E-state index is -0.515. The summed E-state index contributed by atoms with van der Waals surface area (Å²) in [7, 11) is 0. The minimum absolute atomic E-state index is 0.223. The van der Waals surface area contributed by atoms with Gasteiger partial charge >= 0.3 is 11.6 Å². The fourth-order valence-electron chi connectivity index (χ4n) is 2.54. The van der Waals surface area contributed by atoms with Crippen LogP contribution in [0.1, 0.15) is 17.3 Å². The quantitative estimate of drug-likeness (QED) is 0.678. The molecule has 4 heteroatoms. The van der Waals surface area contributed by atoms with E-state index in [1.54, 1.807) is 19.1 Å². The molecule has 0 fully saturated rings. The van der Waals surface area contributed by atoms with Crippen LogP contribution in [0.15, 0.2) is 75.9 Å². The summed E-state index contributed by atoms with van der Waals surface area (Å²) < 4.78 is 10.6. The van der Waals surface area contributed by atoms with E-state index >= 15 is 0 Å². The van der Waals surface area contributed by atoms with Crippen molar-refractivity contribution >= 4 is 5.97 Å². The average Bonchev–Trinajstić information content (AvgIpc) is 2.62. The van der Waals surface area contributed by atoms with Crippen molar-refractivity contribution in [3.63, 3.8) is 0 Å². The summed E-state index contributed by atoms with van der Waals surface area (Å²) in [6.45, 7) is 1.97. The summed E-state index contributed by atoms with van der Waals surface area (Å²) in [6, 6.07) is 19.6. The highest BCUT2D eigenvalue weighted by Crippen LogP contribution is 2.31. The molecular formula is C20H16O4. The van der Waals surface area contributed by atoms with Gasteiger partial charge in [-0.3, -0.25) is 0 Å². The van der Waals surface area contributed by atoms with Gasteiger partial charge in [-0.25, -0.2) is 9.59 Å². The molecule has 3 rings (SSSR count). The zero-order valence-corrected chi connectivity index (χ0v) is 13.2. The number of rotatable bonds is 4. The van der Waals surface area contributed by atoms with E-state index in [4.69, 9.17) is 9.15 Å². The van der Waals surface area contributed by atoms with Crippen LogP contribution in [-0.2, 0) is 4.74 Å². The number of carbonyl (C=O) groups is 1. The van der Waals surface area contributed by atoms with E-state index in [1.807, 2.05) is 48.5 Å². The van der Waals surface area contributed by atoms with Crippen molar-refractivity contribution in [2.75, 3.05) is 6.61 Å². The average molecular weight is 320 g/mol. The second kappa shape index (κ2) is 6.96. The smallest absolute Gasteiger partial charge is 0.342 e. The van der Waals surface area contributed by atoms with Gasteiger partial charge in [-0.05, 0) is 12.5 Å². The normalized spacial score (nSPS) is 10.4. The molecule has 2 aromatic carbocycles. The van der Waals surface area contributed by atoms with Crippen molar-refractivity contribution in [3.05, 3.63) is 82.7 Å². The molecule has 0 aliphatic heterocycles. The Kier molecular flexibility index (Phi) is 4.57. The molecule has 0 saturated carbocycles. The van der Waals surface area contributed by atoms with E-state index in [0.717, 1.165) is 5.56 Å². The lowest BCUT2D eigenvalue weighted by atomic mass is 9.97. The van der Waals surface area contributed by atoms with Crippen molar-refractivity contribution in [1.82, 2.24) is 0 Å². The number of hydrogen-bond donors (Lipinski definition) is 0. The predicted molar refractivity (Wildman–Crippen MR) is 91.8 cm³/mol. The third-order valence-electron chi connectivity index (χ3n) is 3.56. The SMILES string of the molecule is CCOC(=O)c1c(-c2ccccc2)cc(=O)oc1-c1ccccc1. The second-order valence-electron chi connectivity index (χ2n) is 5.14. The molecule has 3 aromatic rings. The van der Waals surface area contributed by atoms with Crippen LogP contribution >= 0.6 is 0 Å². The molecule has 24 heavy (non-hydrogen) atoms. The van der Waals surface area contributed by atoms with Gasteiger partial charge in [0.1, 0.15) is 5.56 Å². The third kappa shape index (κ3) is 3.13. The van der Waals surface area contributed by atoms with Crippen molar-refractivity contribution in [3.8, 4) is 22.5 Å². The molecule has 1 heterocycles. The van der Waals surface area contributed by atoms with Crippen molar-refractivity contribution in [1.29, 1.82) is 0 Å². The molecular weight excluding hydrogens is 304 g/mol. The summed E-state index contributed by atoms with van der Waals surface area (Å²) >= 11 is 0. The van der Waals surface area contributed by atoms with Crippen LogP contribution in [-0.4, -0.2) is 12.6 Å². The molecule has 0 N–H and O–H groups in total. The van der Waals surface area contributed by atoms with Gasteiger partial charge in [0.2, 0.25) is 0 Å². The molecule has 0 amide bonds. The number of ether oxygens (including phenoxy) is 1. The van der Waals surface area contributed by atoms with Crippen molar-refractivity contribution < 1.29 is 13.9 Å². The van der Waals surface area contributed by atoms with E-state index in [9.17, 15) is 9.59 Å². The maximum Gasteiger partial charge on any atom is 0.342 e. The summed E-state index contributed by atoms with van der Waals surface area (Å²) in [4.78, 5) is 24.6. The van der Waals surface area contributed by atoms with Crippen LogP contribution in [0, 0.1) is 0 Å². The Balaban J connectivity index is 2.31. The van der Waals surface area contributed by atoms with Gasteiger partial charge in [-0.2, -0.15) is 0 Å². The van der Waals surface area contributed by atoms with E-state index in [-0.39, 0.29) is 17.9 Å². The molecule has 0 bridgehead atoms. The topological polar surface area (TPSA) is 56.5 Å². The Morgan fingerprint density at radius 3 is 2.12 bits per heavy atom. The van der Waals surface area contributed by atoms with E-state index in [0.29, 0.717) is 11.1 Å². The lowest BCUT2D eigenvalue weighted by Crippen LogP contribution is -2.12. The molecule has 0 saturated heterocycles. The molecule has 0 atom stereocenters. The molecule has 0 aliphatic rings. The number of hydrogen-bond acceptors (Lipinski definition) is 4. The van der Waals surface area contributed by atoms with Crippen LogP contribution in [0.4, 0.5) is 0 Å². The van der Waals surface area contributed by atoms with E-state index in [2.05, 4.69) is 0 Å². The van der Waals surface area contributed by atoms with Crippen LogP contribution in [0.25, 0.3) is 22.5 Å². The Morgan fingerprint density at radius 2 is 1.54 bits per heavy atom. The van der Waals surface area contributed by atoms with Crippen LogP contribution in [0.3, 0.4) is 0 Å². The summed E-state index contributed by atoms with van der Waals surface area (Å²) in [6.07, 6.45) is 0. The maximum atomic E-state index is 12.6. The monoisotopic (exact) mass is 320 g/mol. The molecule has 0 unspecified atom stereocenters. The first kappa shape index (κ1) is 15.7. The summed E-state index contributed by atoms with van der Waals surface area (Å²) in [5.41, 5.74) is 1.65. The zero-order valence-electron chi connectivity index (χ0n) is 13.2. The first-order valence-corrected chi connectivity index (χ1v) is 7.67. The summed E-state index contributed by atoms with van der Waals surface area (Å²) in [5, 5.41) is 0. The highest BCUT2D eigenvalue weighted by molar-refractivity contribution is 6.02. The van der Waals surface area contributed by atoms with Gasteiger partial charge in [-0.15, -0.1) is 0 Å². The Bertz CT molecular complexity index is 832. The Morgan fingerprint density at radius 1 is 0.958 bits per heavy atom. The number of carbonyl (C=O) groups excluding carboxylic acids is 1. The molecule has 0 radical (unpaired) electrons. The van der Waals surface area contributed by atoms with Crippen LogP contribution in [0.5, 0.6) is 0 Å². The minimum Gasteiger partial charge on any atom is -0.462 e. The molecule has 0 spiro atoms.